The number of thiocarbonyl (C=S) groups is 1. The fourth-order valence-electron chi connectivity index (χ4n) is 2.97. The summed E-state index contributed by atoms with van der Waals surface area (Å²) in [7, 11) is 0. The number of hydrogen-bond acceptors (Lipinski definition) is 6. The lowest BCUT2D eigenvalue weighted by atomic mass is 10.2. The molecule has 0 atom stereocenters. The molecule has 140 valence electrons. The average Bonchev–Trinajstić information content (AvgIpc) is 3.16. The molecule has 0 radical (unpaired) electrons. The van der Waals surface area contributed by atoms with Crippen molar-refractivity contribution in [3.63, 3.8) is 0 Å². The maximum atomic E-state index is 6.16. The number of nitrogens with one attached hydrogen (secondary N) is 2. The van der Waals surface area contributed by atoms with E-state index in [4.69, 9.17) is 33.2 Å². The highest BCUT2D eigenvalue weighted by molar-refractivity contribution is 7.80. The maximum Gasteiger partial charge on any atom is 0.175 e. The van der Waals surface area contributed by atoms with Gasteiger partial charge in [-0.3, -0.25) is 0 Å². The lowest BCUT2D eigenvalue weighted by Gasteiger charge is -2.28. The number of benzene rings is 2. The molecule has 0 amide bonds. The summed E-state index contributed by atoms with van der Waals surface area (Å²) in [5.41, 5.74) is 4.84. The zero-order valence-electron chi connectivity index (χ0n) is 14.7. The lowest BCUT2D eigenvalue weighted by Crippen LogP contribution is -2.36. The molecule has 0 saturated carbocycles. The molecule has 2 heterocycles. The summed E-state index contributed by atoms with van der Waals surface area (Å²) in [6, 6.07) is 9.60. The van der Waals surface area contributed by atoms with Crippen molar-refractivity contribution in [3.05, 3.63) is 40.9 Å². The second-order valence-electron chi connectivity index (χ2n) is 6.24. The minimum Gasteiger partial charge on any atom is -0.378 e. The highest BCUT2D eigenvalue weighted by atomic mass is 35.5. The van der Waals surface area contributed by atoms with Crippen LogP contribution >= 0.6 is 23.8 Å². The predicted octanol–water partition coefficient (Wildman–Crippen LogP) is 3.83. The van der Waals surface area contributed by atoms with E-state index < -0.39 is 0 Å². The Morgan fingerprint density at radius 3 is 2.67 bits per heavy atom. The molecule has 0 unspecified atom stereocenters. The fourth-order valence-corrected chi connectivity index (χ4v) is 3.38. The van der Waals surface area contributed by atoms with Crippen LogP contribution < -0.4 is 15.5 Å². The molecule has 3 aromatic rings. The predicted molar refractivity (Wildman–Crippen MR) is 111 cm³/mol. The van der Waals surface area contributed by atoms with Gasteiger partial charge in [0.2, 0.25) is 0 Å². The molecule has 9 heteroatoms. The van der Waals surface area contributed by atoms with Crippen molar-refractivity contribution in [1.82, 2.24) is 10.3 Å². The number of fused-ring (bicyclic) bond motifs is 1. The lowest BCUT2D eigenvalue weighted by molar-refractivity contribution is 0.123. The van der Waals surface area contributed by atoms with E-state index in [0.717, 1.165) is 35.7 Å². The van der Waals surface area contributed by atoms with E-state index in [0.29, 0.717) is 34.4 Å². The summed E-state index contributed by atoms with van der Waals surface area (Å²) in [5, 5.41) is 15.5. The molecule has 0 bridgehead atoms. The van der Waals surface area contributed by atoms with E-state index in [2.05, 4.69) is 25.8 Å². The molecular weight excluding hydrogens is 386 g/mol. The smallest absolute Gasteiger partial charge is 0.175 e. The molecule has 0 aliphatic carbocycles. The van der Waals surface area contributed by atoms with Gasteiger partial charge in [-0.1, -0.05) is 17.7 Å². The van der Waals surface area contributed by atoms with Crippen LogP contribution in [0.25, 0.3) is 11.0 Å². The molecule has 4 rings (SSSR count). The summed E-state index contributed by atoms with van der Waals surface area (Å²) in [6.45, 7) is 4.96. The molecule has 1 saturated heterocycles. The Bertz CT molecular complexity index is 987. The standard InChI is InChI=1S/C18H18ClN5O2S/c1-11-2-3-12(10-13(11)19)20-18(27)21-14-4-5-15(17-16(14)22-26-23-17)24-6-8-25-9-7-24/h2-5,10H,6-9H2,1H3,(H2,20,21,27). The van der Waals surface area contributed by atoms with Gasteiger partial charge in [-0.25, -0.2) is 4.63 Å². The van der Waals surface area contributed by atoms with Crippen molar-refractivity contribution in [2.45, 2.75) is 6.92 Å². The number of morpholine rings is 1. The number of aryl methyl sites for hydroxylation is 1. The van der Waals surface area contributed by atoms with Crippen LogP contribution in [-0.2, 0) is 4.74 Å². The summed E-state index contributed by atoms with van der Waals surface area (Å²) in [5.74, 6) is 0. The van der Waals surface area contributed by atoms with Crippen molar-refractivity contribution >= 4 is 57.0 Å². The van der Waals surface area contributed by atoms with Crippen LogP contribution in [0, 0.1) is 6.92 Å². The second-order valence-corrected chi connectivity index (χ2v) is 7.05. The fraction of sp³-hybridized carbons (Fsp3) is 0.278. The summed E-state index contributed by atoms with van der Waals surface area (Å²) < 4.78 is 10.4. The van der Waals surface area contributed by atoms with Gasteiger partial charge in [0.25, 0.3) is 0 Å². The van der Waals surface area contributed by atoms with Crippen molar-refractivity contribution in [2.24, 2.45) is 0 Å². The van der Waals surface area contributed by atoms with Gasteiger partial charge in [0.15, 0.2) is 16.1 Å². The monoisotopic (exact) mass is 403 g/mol. The van der Waals surface area contributed by atoms with Crippen LogP contribution in [0.5, 0.6) is 0 Å². The number of anilines is 3. The zero-order valence-corrected chi connectivity index (χ0v) is 16.2. The molecule has 27 heavy (non-hydrogen) atoms. The number of rotatable bonds is 3. The minimum absolute atomic E-state index is 0.429. The number of nitrogens with zero attached hydrogens (tertiary/aromatic N) is 3. The van der Waals surface area contributed by atoms with Gasteiger partial charge in [-0.15, -0.1) is 0 Å². The first-order valence-corrected chi connectivity index (χ1v) is 9.32. The van der Waals surface area contributed by atoms with Gasteiger partial charge in [-0.2, -0.15) is 0 Å². The molecule has 7 nitrogen and oxygen atoms in total. The molecule has 2 N–H and O–H groups in total. The SMILES string of the molecule is Cc1ccc(NC(=S)Nc2ccc(N3CCOCC3)c3nonc23)cc1Cl. The average molecular weight is 404 g/mol. The summed E-state index contributed by atoms with van der Waals surface area (Å²) in [4.78, 5) is 2.21. The third-order valence-corrected chi connectivity index (χ3v) is 5.04. The van der Waals surface area contributed by atoms with Crippen LogP contribution in [0.1, 0.15) is 5.56 Å². The Balaban J connectivity index is 1.54. The van der Waals surface area contributed by atoms with Gasteiger partial charge in [0.1, 0.15) is 0 Å². The maximum absolute atomic E-state index is 6.16. The first-order valence-electron chi connectivity index (χ1n) is 8.54. The Hall–Kier alpha value is -2.42. The number of ether oxygens (including phenoxy) is 1. The molecule has 1 aliphatic heterocycles. The van der Waals surface area contributed by atoms with Crippen molar-refractivity contribution < 1.29 is 9.37 Å². The summed E-state index contributed by atoms with van der Waals surface area (Å²) in [6.07, 6.45) is 0. The molecule has 1 aliphatic rings. The normalized spacial score (nSPS) is 14.4. The highest BCUT2D eigenvalue weighted by Gasteiger charge is 2.19. The van der Waals surface area contributed by atoms with E-state index in [-0.39, 0.29) is 0 Å². The third kappa shape index (κ3) is 3.83. The van der Waals surface area contributed by atoms with Crippen LogP contribution in [-0.4, -0.2) is 41.7 Å². The van der Waals surface area contributed by atoms with E-state index in [9.17, 15) is 0 Å². The van der Waals surface area contributed by atoms with Gasteiger partial charge >= 0.3 is 0 Å². The Labute approximate surface area is 166 Å². The first-order chi connectivity index (χ1) is 13.1. The second kappa shape index (κ2) is 7.67. The summed E-state index contributed by atoms with van der Waals surface area (Å²) >= 11 is 11.6. The van der Waals surface area contributed by atoms with Crippen molar-refractivity contribution in [2.75, 3.05) is 41.8 Å². The molecule has 2 aromatic carbocycles. The van der Waals surface area contributed by atoms with Crippen LogP contribution in [0.15, 0.2) is 35.0 Å². The Morgan fingerprint density at radius 1 is 1.11 bits per heavy atom. The van der Waals surface area contributed by atoms with Gasteiger partial charge < -0.3 is 20.3 Å². The van der Waals surface area contributed by atoms with E-state index in [1.165, 1.54) is 0 Å². The van der Waals surface area contributed by atoms with Gasteiger partial charge in [0.05, 0.1) is 24.6 Å². The van der Waals surface area contributed by atoms with Crippen molar-refractivity contribution in [1.29, 1.82) is 0 Å². The van der Waals surface area contributed by atoms with Crippen LogP contribution in [0.4, 0.5) is 17.1 Å². The number of hydrogen-bond donors (Lipinski definition) is 2. The van der Waals surface area contributed by atoms with E-state index >= 15 is 0 Å². The molecule has 0 spiro atoms. The molecule has 1 fully saturated rings. The number of halogens is 1. The van der Waals surface area contributed by atoms with Crippen molar-refractivity contribution in [3.8, 4) is 0 Å². The van der Waals surface area contributed by atoms with Gasteiger partial charge in [0, 0.05) is 23.8 Å². The topological polar surface area (TPSA) is 75.5 Å². The van der Waals surface area contributed by atoms with Crippen LogP contribution in [0.2, 0.25) is 5.02 Å². The van der Waals surface area contributed by atoms with E-state index in [1.807, 2.05) is 37.3 Å². The largest absolute Gasteiger partial charge is 0.378 e. The number of aromatic nitrogens is 2. The van der Waals surface area contributed by atoms with E-state index in [1.54, 1.807) is 0 Å². The zero-order chi connectivity index (χ0) is 18.8. The quantitative estimate of drug-likeness (QED) is 0.639. The van der Waals surface area contributed by atoms with Crippen LogP contribution in [0.3, 0.4) is 0 Å². The first kappa shape index (κ1) is 18.0. The molecule has 1 aromatic heterocycles. The minimum atomic E-state index is 0.429. The Kier molecular flexibility index (Phi) is 5.11. The van der Waals surface area contributed by atoms with Gasteiger partial charge in [-0.05, 0) is 59.3 Å². The third-order valence-electron chi connectivity index (χ3n) is 4.42. The molecular formula is C18H18ClN5O2S. The highest BCUT2D eigenvalue weighted by Crippen LogP contribution is 2.30. The Morgan fingerprint density at radius 2 is 1.89 bits per heavy atom.